The molecule has 0 aliphatic rings. The quantitative estimate of drug-likeness (QED) is 0.451. The van der Waals surface area contributed by atoms with Crippen molar-refractivity contribution in [2.24, 2.45) is 4.99 Å². The van der Waals surface area contributed by atoms with Gasteiger partial charge in [-0.25, -0.2) is 0 Å². The first-order valence-corrected chi connectivity index (χ1v) is 8.48. The summed E-state index contributed by atoms with van der Waals surface area (Å²) in [5.74, 6) is 0. The summed E-state index contributed by atoms with van der Waals surface area (Å²) in [7, 11) is 2.40. The van der Waals surface area contributed by atoms with Crippen molar-refractivity contribution >= 4 is 26.2 Å². The van der Waals surface area contributed by atoms with Crippen LogP contribution >= 0.6 is 0 Å². The highest BCUT2D eigenvalue weighted by molar-refractivity contribution is 6.10. The number of hydrogen-bond acceptors (Lipinski definition) is 2. The van der Waals surface area contributed by atoms with Crippen LogP contribution in [0, 0.1) is 0 Å². The number of nitrogens with zero attached hydrogens (tertiary/aromatic N) is 2. The molecule has 0 aliphatic heterocycles. The predicted octanol–water partition coefficient (Wildman–Crippen LogP) is -0.291. The van der Waals surface area contributed by atoms with Crippen LogP contribution in [0.15, 0.2) is 16.8 Å². The topological polar surface area (TPSA) is 15.6 Å². The van der Waals surface area contributed by atoms with Gasteiger partial charge in [0.15, 0.2) is 0 Å². The maximum absolute atomic E-state index is 4.45. The molecule has 0 heterocycles. The minimum atomic E-state index is 1.02. The van der Waals surface area contributed by atoms with E-state index >= 15 is 0 Å². The van der Waals surface area contributed by atoms with Crippen LogP contribution in [0.1, 0.15) is 27.2 Å². The van der Waals surface area contributed by atoms with Crippen LogP contribution in [-0.4, -0.2) is 50.0 Å². The Morgan fingerprint density at radius 3 is 2.36 bits per heavy atom. The van der Waals surface area contributed by atoms with Crippen LogP contribution < -0.4 is 0 Å². The molecule has 0 spiro atoms. The summed E-state index contributed by atoms with van der Waals surface area (Å²) >= 11 is 0. The molecule has 0 amide bonds. The highest BCUT2D eigenvalue weighted by Crippen LogP contribution is 2.07. The maximum atomic E-state index is 4.45. The number of rotatable bonds is 6. The predicted molar refractivity (Wildman–Crippen MR) is 73.5 cm³/mol. The Balaban J connectivity index is 4.59. The van der Waals surface area contributed by atoms with Crippen molar-refractivity contribution in [3.05, 3.63) is 11.8 Å². The van der Waals surface area contributed by atoms with Gasteiger partial charge in [0.25, 0.3) is 0 Å². The lowest BCUT2D eigenvalue weighted by atomic mass is 10.2. The molecular weight excluding hydrogens is 204 g/mol. The first kappa shape index (κ1) is 13.6. The van der Waals surface area contributed by atoms with E-state index in [1.54, 1.807) is 0 Å². The molecule has 0 rings (SSSR count). The molecule has 0 bridgehead atoms. The third kappa shape index (κ3) is 4.76. The molecule has 0 saturated heterocycles. The van der Waals surface area contributed by atoms with Crippen LogP contribution in [0.5, 0.6) is 0 Å². The van der Waals surface area contributed by atoms with Gasteiger partial charge < -0.3 is 4.90 Å². The second kappa shape index (κ2) is 7.99. The Bertz CT molecular complexity index is 208. The maximum Gasteiger partial charge on any atom is 0.0330 e. The van der Waals surface area contributed by atoms with Crippen molar-refractivity contribution in [3.8, 4) is 0 Å². The normalized spacial score (nSPS) is 13.6. The number of allylic oxidation sites excluding steroid dienone is 2. The van der Waals surface area contributed by atoms with E-state index in [9.17, 15) is 0 Å². The van der Waals surface area contributed by atoms with Crippen molar-refractivity contribution in [3.63, 3.8) is 0 Å². The molecule has 0 fully saturated rings. The van der Waals surface area contributed by atoms with E-state index in [1.165, 1.54) is 27.8 Å². The molecular formula is C10H24N2Si2. The van der Waals surface area contributed by atoms with Gasteiger partial charge in [0.05, 0.1) is 0 Å². The van der Waals surface area contributed by atoms with Crippen LogP contribution in [0.3, 0.4) is 0 Å². The molecule has 0 unspecified atom stereocenters. The van der Waals surface area contributed by atoms with E-state index in [-0.39, 0.29) is 0 Å². The molecule has 0 radical (unpaired) electrons. The molecule has 2 nitrogen and oxygen atoms in total. The standard InChI is InChI=1S/C10H24N2Si2/c1-4-10(12(5-2)8-14)6-9(3)11-7-13/h6H,4-5,7-8H2,1-3,13-14H3/b10-6-,11-9?. The van der Waals surface area contributed by atoms with Gasteiger partial charge in [0.1, 0.15) is 0 Å². The van der Waals surface area contributed by atoms with Crippen molar-refractivity contribution in [1.82, 2.24) is 4.90 Å². The second-order valence-electron chi connectivity index (χ2n) is 3.28. The van der Waals surface area contributed by atoms with E-state index in [2.05, 4.69) is 36.7 Å². The molecule has 0 saturated carbocycles. The van der Waals surface area contributed by atoms with Crippen LogP contribution in [0.4, 0.5) is 0 Å². The third-order valence-corrected chi connectivity index (χ3v) is 3.39. The Labute approximate surface area is 94.3 Å². The summed E-state index contributed by atoms with van der Waals surface area (Å²) in [6, 6.07) is 0. The van der Waals surface area contributed by atoms with Crippen LogP contribution in [-0.2, 0) is 0 Å². The monoisotopic (exact) mass is 228 g/mol. The summed E-state index contributed by atoms with van der Waals surface area (Å²) < 4.78 is 0. The van der Waals surface area contributed by atoms with Gasteiger partial charge in [-0.3, -0.25) is 4.99 Å². The average Bonchev–Trinajstić information content (AvgIpc) is 2.18. The minimum Gasteiger partial charge on any atom is -0.379 e. The fourth-order valence-electron chi connectivity index (χ4n) is 1.58. The van der Waals surface area contributed by atoms with E-state index in [4.69, 9.17) is 0 Å². The van der Waals surface area contributed by atoms with Gasteiger partial charge >= 0.3 is 0 Å². The van der Waals surface area contributed by atoms with Crippen molar-refractivity contribution < 1.29 is 0 Å². The van der Waals surface area contributed by atoms with Gasteiger partial charge in [-0.15, -0.1) is 0 Å². The zero-order valence-corrected chi connectivity index (χ0v) is 14.3. The van der Waals surface area contributed by atoms with Crippen LogP contribution in [0.25, 0.3) is 0 Å². The SMILES string of the molecule is CC/C(=C/C(C)=NC[SiH3])N(CC)C[SiH3]. The average molecular weight is 228 g/mol. The Morgan fingerprint density at radius 1 is 1.36 bits per heavy atom. The largest absolute Gasteiger partial charge is 0.379 e. The van der Waals surface area contributed by atoms with Gasteiger partial charge in [0, 0.05) is 50.8 Å². The summed E-state index contributed by atoms with van der Waals surface area (Å²) in [4.78, 5) is 6.91. The molecule has 0 N–H and O–H groups in total. The highest BCUT2D eigenvalue weighted by atomic mass is 28.1. The molecule has 0 aromatic rings. The fraction of sp³-hybridized carbons (Fsp3) is 0.700. The van der Waals surface area contributed by atoms with E-state index in [0.29, 0.717) is 0 Å². The molecule has 82 valence electrons. The molecule has 4 heteroatoms. The molecule has 0 aromatic carbocycles. The van der Waals surface area contributed by atoms with E-state index in [1.807, 2.05) is 0 Å². The Morgan fingerprint density at radius 2 is 2.00 bits per heavy atom. The van der Waals surface area contributed by atoms with Crippen molar-refractivity contribution in [2.75, 3.05) is 18.9 Å². The Hall–Kier alpha value is -0.356. The smallest absolute Gasteiger partial charge is 0.0330 e. The molecule has 14 heavy (non-hydrogen) atoms. The van der Waals surface area contributed by atoms with Gasteiger partial charge in [0.2, 0.25) is 0 Å². The zero-order chi connectivity index (χ0) is 11.0. The Kier molecular flexibility index (Phi) is 7.79. The number of hydrogen-bond donors (Lipinski definition) is 0. The fourth-order valence-corrected chi connectivity index (χ4v) is 2.94. The lowest BCUT2D eigenvalue weighted by Crippen LogP contribution is -2.24. The van der Waals surface area contributed by atoms with Gasteiger partial charge in [-0.1, -0.05) is 6.92 Å². The number of aliphatic imine (C=N–C) groups is 1. The minimum absolute atomic E-state index is 1.02. The third-order valence-electron chi connectivity index (χ3n) is 2.31. The summed E-state index contributed by atoms with van der Waals surface area (Å²) in [5, 5.41) is 0. The van der Waals surface area contributed by atoms with Gasteiger partial charge in [-0.2, -0.15) is 0 Å². The van der Waals surface area contributed by atoms with E-state index < -0.39 is 0 Å². The first-order chi connectivity index (χ1) is 6.69. The van der Waals surface area contributed by atoms with Crippen molar-refractivity contribution in [1.29, 1.82) is 0 Å². The lowest BCUT2D eigenvalue weighted by molar-refractivity contribution is 0.409. The zero-order valence-electron chi connectivity index (χ0n) is 10.3. The first-order valence-electron chi connectivity index (χ1n) is 5.66. The van der Waals surface area contributed by atoms with Gasteiger partial charge in [-0.05, 0) is 26.3 Å². The van der Waals surface area contributed by atoms with E-state index in [0.717, 1.165) is 29.4 Å². The van der Waals surface area contributed by atoms with Crippen molar-refractivity contribution in [2.45, 2.75) is 27.2 Å². The van der Waals surface area contributed by atoms with Crippen LogP contribution in [0.2, 0.25) is 0 Å². The highest BCUT2D eigenvalue weighted by Gasteiger charge is 2.02. The molecule has 0 aromatic heterocycles. The second-order valence-corrected chi connectivity index (χ2v) is 4.54. The molecule has 0 atom stereocenters. The molecule has 0 aliphatic carbocycles. The summed E-state index contributed by atoms with van der Waals surface area (Å²) in [5.41, 5.74) is 2.63. The summed E-state index contributed by atoms with van der Waals surface area (Å²) in [6.45, 7) is 7.67. The summed E-state index contributed by atoms with van der Waals surface area (Å²) in [6.07, 6.45) is 5.61. The lowest BCUT2D eigenvalue weighted by Gasteiger charge is -2.23.